The van der Waals surface area contributed by atoms with Gasteiger partial charge >= 0.3 is 5.97 Å². The average molecular weight is 213 g/mol. The Kier molecular flexibility index (Phi) is 6.61. The molecule has 0 aromatic carbocycles. The number of hydrogen-bond acceptors (Lipinski definition) is 3. The van der Waals surface area contributed by atoms with Crippen molar-refractivity contribution in [2.24, 2.45) is 4.99 Å². The Morgan fingerprint density at radius 1 is 1.60 bits per heavy atom. The zero-order valence-electron chi connectivity index (χ0n) is 8.62. The van der Waals surface area contributed by atoms with Crippen LogP contribution >= 0.6 is 0 Å². The fourth-order valence-corrected chi connectivity index (χ4v) is 0.760. The first-order valence-corrected chi connectivity index (χ1v) is 4.55. The minimum absolute atomic E-state index is 0.0858. The normalized spacial score (nSPS) is 10.6. The van der Waals surface area contributed by atoms with Crippen molar-refractivity contribution < 1.29 is 14.7 Å². The quantitative estimate of drug-likeness (QED) is 0.252. The Bertz CT molecular complexity index is 274. The third-order valence-electron chi connectivity index (χ3n) is 1.49. The summed E-state index contributed by atoms with van der Waals surface area (Å²) in [5.74, 6) is -1.31. The van der Waals surface area contributed by atoms with Crippen molar-refractivity contribution in [2.45, 2.75) is 19.8 Å². The van der Waals surface area contributed by atoms with Crippen molar-refractivity contribution in [3.63, 3.8) is 0 Å². The highest BCUT2D eigenvalue weighted by Crippen LogP contribution is 1.88. The molecule has 0 aliphatic carbocycles. The lowest BCUT2D eigenvalue weighted by molar-refractivity contribution is -0.129. The number of nitrogens with zero attached hydrogens (tertiary/aromatic N) is 1. The molecule has 0 aliphatic heterocycles. The van der Waals surface area contributed by atoms with Crippen molar-refractivity contribution in [2.75, 3.05) is 6.54 Å². The van der Waals surface area contributed by atoms with Gasteiger partial charge in [0.15, 0.2) is 0 Å². The van der Waals surface area contributed by atoms with Crippen LogP contribution in [0.1, 0.15) is 19.8 Å². The van der Waals surface area contributed by atoms with E-state index in [9.17, 15) is 9.59 Å². The molecule has 3 N–H and O–H groups in total. The van der Waals surface area contributed by atoms with E-state index < -0.39 is 5.97 Å². The number of carboxylic acids is 1. The molecule has 6 nitrogen and oxygen atoms in total. The van der Waals surface area contributed by atoms with Crippen LogP contribution in [0.2, 0.25) is 0 Å². The first-order chi connectivity index (χ1) is 7.11. The van der Waals surface area contributed by atoms with Crippen LogP contribution < -0.4 is 10.6 Å². The zero-order valence-corrected chi connectivity index (χ0v) is 8.62. The van der Waals surface area contributed by atoms with Crippen LogP contribution in [0, 0.1) is 0 Å². The SMILES string of the molecule is C=C(NC=O)NC(=NCCCC)C(=O)O. The van der Waals surface area contributed by atoms with Crippen LogP contribution in [-0.4, -0.2) is 29.9 Å². The van der Waals surface area contributed by atoms with Crippen molar-refractivity contribution in [3.05, 3.63) is 12.4 Å². The molecule has 0 atom stereocenters. The van der Waals surface area contributed by atoms with Crippen LogP contribution in [0.25, 0.3) is 0 Å². The Balaban J connectivity index is 4.27. The van der Waals surface area contributed by atoms with Gasteiger partial charge in [-0.3, -0.25) is 9.79 Å². The Labute approximate surface area is 88.1 Å². The summed E-state index contributed by atoms with van der Waals surface area (Å²) in [6.07, 6.45) is 2.15. The first kappa shape index (κ1) is 13.2. The highest BCUT2D eigenvalue weighted by molar-refractivity contribution is 6.34. The fraction of sp³-hybridized carbons (Fsp3) is 0.444. The highest BCUT2D eigenvalue weighted by atomic mass is 16.4. The molecule has 0 spiro atoms. The fourth-order valence-electron chi connectivity index (χ4n) is 0.760. The van der Waals surface area contributed by atoms with Gasteiger partial charge in [-0.1, -0.05) is 19.9 Å². The Morgan fingerprint density at radius 3 is 2.73 bits per heavy atom. The largest absolute Gasteiger partial charge is 0.475 e. The minimum Gasteiger partial charge on any atom is -0.475 e. The van der Waals surface area contributed by atoms with Gasteiger partial charge in [0.25, 0.3) is 0 Å². The summed E-state index contributed by atoms with van der Waals surface area (Å²) in [5.41, 5.74) is 0. The number of carbonyl (C=O) groups is 2. The highest BCUT2D eigenvalue weighted by Gasteiger charge is 2.08. The molecule has 0 rings (SSSR count). The number of aliphatic imine (C=N–C) groups is 1. The molecule has 0 radical (unpaired) electrons. The van der Waals surface area contributed by atoms with Gasteiger partial charge in [-0.15, -0.1) is 0 Å². The van der Waals surface area contributed by atoms with Crippen molar-refractivity contribution >= 4 is 18.2 Å². The van der Waals surface area contributed by atoms with E-state index in [4.69, 9.17) is 5.11 Å². The predicted molar refractivity (Wildman–Crippen MR) is 56.3 cm³/mol. The van der Waals surface area contributed by atoms with E-state index in [0.29, 0.717) is 13.0 Å². The maximum Gasteiger partial charge on any atom is 0.371 e. The maximum atomic E-state index is 10.7. The number of amidine groups is 1. The number of unbranched alkanes of at least 4 members (excludes halogenated alkanes) is 1. The number of nitrogens with one attached hydrogen (secondary N) is 2. The second-order valence-corrected chi connectivity index (χ2v) is 2.75. The number of hydrogen-bond donors (Lipinski definition) is 3. The number of amides is 1. The lowest BCUT2D eigenvalue weighted by Crippen LogP contribution is -2.35. The molecule has 0 heterocycles. The molecule has 0 saturated heterocycles. The van der Waals surface area contributed by atoms with Crippen LogP contribution in [0.15, 0.2) is 17.4 Å². The third kappa shape index (κ3) is 6.25. The molecule has 0 unspecified atom stereocenters. The van der Waals surface area contributed by atoms with E-state index in [1.54, 1.807) is 0 Å². The van der Waals surface area contributed by atoms with Crippen molar-refractivity contribution in [1.82, 2.24) is 10.6 Å². The summed E-state index contributed by atoms with van der Waals surface area (Å²) in [7, 11) is 0. The average Bonchev–Trinajstić information content (AvgIpc) is 2.16. The Morgan fingerprint density at radius 2 is 2.27 bits per heavy atom. The van der Waals surface area contributed by atoms with Gasteiger partial charge in [0, 0.05) is 6.54 Å². The van der Waals surface area contributed by atoms with E-state index in [1.165, 1.54) is 0 Å². The van der Waals surface area contributed by atoms with E-state index in [2.05, 4.69) is 22.2 Å². The maximum absolute atomic E-state index is 10.7. The molecular weight excluding hydrogens is 198 g/mol. The first-order valence-electron chi connectivity index (χ1n) is 4.55. The van der Waals surface area contributed by atoms with E-state index in [1.807, 2.05) is 6.92 Å². The molecule has 0 bridgehead atoms. The summed E-state index contributed by atoms with van der Waals surface area (Å²) >= 11 is 0. The predicted octanol–water partition coefficient (Wildman–Crippen LogP) is 0.0764. The van der Waals surface area contributed by atoms with Crippen molar-refractivity contribution in [1.29, 1.82) is 0 Å². The van der Waals surface area contributed by atoms with Crippen LogP contribution in [0.4, 0.5) is 0 Å². The van der Waals surface area contributed by atoms with E-state index >= 15 is 0 Å². The molecule has 0 saturated carbocycles. The molecule has 0 aliphatic rings. The molecule has 1 amide bonds. The van der Waals surface area contributed by atoms with Gasteiger partial charge in [0.05, 0.1) is 0 Å². The summed E-state index contributed by atoms with van der Waals surface area (Å²) in [4.78, 5) is 24.5. The number of carbonyl (C=O) groups excluding carboxylic acids is 1. The summed E-state index contributed by atoms with van der Waals surface area (Å²) in [5, 5.41) is 13.3. The zero-order chi connectivity index (χ0) is 11.7. The lowest BCUT2D eigenvalue weighted by Gasteiger charge is -2.07. The molecule has 0 aromatic rings. The smallest absolute Gasteiger partial charge is 0.371 e. The Hall–Kier alpha value is -1.85. The second-order valence-electron chi connectivity index (χ2n) is 2.75. The van der Waals surface area contributed by atoms with Gasteiger partial charge in [0.2, 0.25) is 12.2 Å². The van der Waals surface area contributed by atoms with Gasteiger partial charge in [-0.2, -0.15) is 0 Å². The summed E-state index contributed by atoms with van der Waals surface area (Å²) in [6.45, 7) is 5.81. The molecule has 6 heteroatoms. The van der Waals surface area contributed by atoms with Crippen LogP contribution in [0.3, 0.4) is 0 Å². The van der Waals surface area contributed by atoms with E-state index in [-0.39, 0.29) is 11.7 Å². The van der Waals surface area contributed by atoms with Crippen molar-refractivity contribution in [3.8, 4) is 0 Å². The standard InChI is InChI=1S/C9H15N3O3/c1-3-4-5-10-8(9(14)15)12-7(2)11-6-13/h6H,2-5H2,1H3,(H,10,12)(H,11,13)(H,14,15). The molecule has 0 aromatic heterocycles. The summed E-state index contributed by atoms with van der Waals surface area (Å²) in [6, 6.07) is 0. The van der Waals surface area contributed by atoms with Gasteiger partial charge < -0.3 is 15.7 Å². The number of carboxylic acid groups (broad SMARTS) is 1. The van der Waals surface area contributed by atoms with E-state index in [0.717, 1.165) is 12.8 Å². The number of rotatable bonds is 6. The van der Waals surface area contributed by atoms with Crippen LogP contribution in [0.5, 0.6) is 0 Å². The topological polar surface area (TPSA) is 90.8 Å². The molecular formula is C9H15N3O3. The molecule has 84 valence electrons. The second kappa shape index (κ2) is 7.54. The monoisotopic (exact) mass is 213 g/mol. The minimum atomic E-state index is -1.18. The van der Waals surface area contributed by atoms with Crippen LogP contribution in [-0.2, 0) is 9.59 Å². The van der Waals surface area contributed by atoms with Gasteiger partial charge in [-0.25, -0.2) is 4.79 Å². The molecule has 0 fully saturated rings. The summed E-state index contributed by atoms with van der Waals surface area (Å²) < 4.78 is 0. The number of aliphatic carboxylic acids is 1. The third-order valence-corrected chi connectivity index (χ3v) is 1.49. The van der Waals surface area contributed by atoms with Gasteiger partial charge in [0.1, 0.15) is 5.82 Å². The van der Waals surface area contributed by atoms with Gasteiger partial charge in [-0.05, 0) is 6.42 Å². The lowest BCUT2D eigenvalue weighted by atomic mass is 10.3. The molecule has 15 heavy (non-hydrogen) atoms.